The molecule has 4 heteroatoms. The van der Waals surface area contributed by atoms with Gasteiger partial charge in [-0.3, -0.25) is 0 Å². The van der Waals surface area contributed by atoms with Crippen LogP contribution in [0.4, 0.5) is 0 Å². The minimum Gasteiger partial charge on any atom is -0.504 e. The highest BCUT2D eigenvalue weighted by Crippen LogP contribution is 2.70. The van der Waals surface area contributed by atoms with Gasteiger partial charge in [0.05, 0.1) is 13.2 Å². The smallest absolute Gasteiger partial charge is 0.160 e. The monoisotopic (exact) mass is 320 g/mol. The summed E-state index contributed by atoms with van der Waals surface area (Å²) in [5.74, 6) is 2.68. The minimum atomic E-state index is 0.0302. The van der Waals surface area contributed by atoms with Crippen molar-refractivity contribution in [1.82, 2.24) is 0 Å². The predicted molar refractivity (Wildman–Crippen MR) is 88.3 cm³/mol. The van der Waals surface area contributed by atoms with Crippen LogP contribution in [0.1, 0.15) is 44.1 Å². The molecule has 2 bridgehead atoms. The van der Waals surface area contributed by atoms with E-state index in [1.807, 2.05) is 23.9 Å². The van der Waals surface area contributed by atoms with Gasteiger partial charge in [0.15, 0.2) is 11.5 Å². The molecule has 1 heterocycles. The second-order valence-electron chi connectivity index (χ2n) is 7.55. The van der Waals surface area contributed by atoms with Crippen LogP contribution in [0.25, 0.3) is 0 Å². The maximum Gasteiger partial charge on any atom is 0.160 e. The van der Waals surface area contributed by atoms with Gasteiger partial charge in [-0.25, -0.2) is 0 Å². The van der Waals surface area contributed by atoms with Crippen molar-refractivity contribution in [1.29, 1.82) is 0 Å². The van der Waals surface area contributed by atoms with E-state index in [0.717, 1.165) is 11.5 Å². The number of rotatable bonds is 2. The Kier molecular flexibility index (Phi) is 3.22. The highest BCUT2D eigenvalue weighted by atomic mass is 32.2. The highest BCUT2D eigenvalue weighted by molar-refractivity contribution is 7.99. The van der Waals surface area contributed by atoms with Gasteiger partial charge in [-0.1, -0.05) is 19.9 Å². The van der Waals surface area contributed by atoms with Crippen LogP contribution in [-0.2, 0) is 4.74 Å². The zero-order valence-electron chi connectivity index (χ0n) is 13.5. The van der Waals surface area contributed by atoms with Crippen molar-refractivity contribution in [3.63, 3.8) is 0 Å². The highest BCUT2D eigenvalue weighted by Gasteiger charge is 2.66. The topological polar surface area (TPSA) is 38.7 Å². The molecule has 0 aromatic heterocycles. The van der Waals surface area contributed by atoms with Gasteiger partial charge in [0.1, 0.15) is 5.44 Å². The summed E-state index contributed by atoms with van der Waals surface area (Å²) < 4.78 is 11.6. The number of methoxy groups -OCH3 is 1. The summed E-state index contributed by atoms with van der Waals surface area (Å²) in [4.78, 5) is 0. The van der Waals surface area contributed by atoms with E-state index in [0.29, 0.717) is 22.7 Å². The molecule has 3 fully saturated rings. The molecular weight excluding hydrogens is 296 g/mol. The fraction of sp³-hybridized carbons (Fsp3) is 0.667. The number of phenols is 1. The molecule has 1 aromatic rings. The SMILES string of the molecule is COc1ccc([C@@H]2O[C@H]3C[C@H]4CC[C@]3(CS2)C4(C)C)cc1O. The van der Waals surface area contributed by atoms with Crippen LogP contribution in [0.15, 0.2) is 18.2 Å². The zero-order chi connectivity index (χ0) is 15.5. The van der Waals surface area contributed by atoms with Crippen molar-refractivity contribution >= 4 is 11.8 Å². The minimum absolute atomic E-state index is 0.0302. The predicted octanol–water partition coefficient (Wildman–Crippen LogP) is 4.36. The van der Waals surface area contributed by atoms with Gasteiger partial charge in [-0.2, -0.15) is 0 Å². The Morgan fingerprint density at radius 3 is 2.86 bits per heavy atom. The summed E-state index contributed by atoms with van der Waals surface area (Å²) in [6.07, 6.45) is 4.24. The molecule has 1 aromatic carbocycles. The van der Waals surface area contributed by atoms with E-state index in [2.05, 4.69) is 13.8 Å². The quantitative estimate of drug-likeness (QED) is 0.879. The van der Waals surface area contributed by atoms with E-state index in [1.54, 1.807) is 13.2 Å². The standard InChI is InChI=1S/C18H24O3S/c1-17(2)12-6-7-18(17)10-22-16(21-15(18)9-12)11-4-5-14(20-3)13(19)8-11/h4-5,8,12,15-16,19H,6-7,9-10H2,1-3H3/t12-,15+,16-,18-/m1/s1. The number of benzene rings is 1. The molecule has 0 radical (unpaired) electrons. The molecule has 120 valence electrons. The van der Waals surface area contributed by atoms with E-state index in [-0.39, 0.29) is 11.2 Å². The number of thioether (sulfide) groups is 1. The van der Waals surface area contributed by atoms with E-state index < -0.39 is 0 Å². The summed E-state index contributed by atoms with van der Waals surface area (Å²) in [6.45, 7) is 4.88. The number of hydrogen-bond donors (Lipinski definition) is 1. The summed E-state index contributed by atoms with van der Waals surface area (Å²) in [5.41, 5.74) is 1.83. The molecule has 2 saturated carbocycles. The first-order valence-electron chi connectivity index (χ1n) is 8.12. The maximum atomic E-state index is 10.0. The number of fused-ring (bicyclic) bond motifs is 1. The van der Waals surface area contributed by atoms with E-state index in [1.165, 1.54) is 25.0 Å². The lowest BCUT2D eigenvalue weighted by Gasteiger charge is -2.47. The van der Waals surface area contributed by atoms with Crippen LogP contribution in [0.5, 0.6) is 11.5 Å². The Hall–Kier alpha value is -0.870. The maximum absolute atomic E-state index is 10.0. The van der Waals surface area contributed by atoms with Gasteiger partial charge < -0.3 is 14.6 Å². The number of ether oxygens (including phenoxy) is 2. The van der Waals surface area contributed by atoms with Gasteiger partial charge >= 0.3 is 0 Å². The van der Waals surface area contributed by atoms with Gasteiger partial charge in [0.25, 0.3) is 0 Å². The van der Waals surface area contributed by atoms with Crippen LogP contribution < -0.4 is 4.74 Å². The van der Waals surface area contributed by atoms with E-state index in [4.69, 9.17) is 9.47 Å². The fourth-order valence-electron chi connectivity index (χ4n) is 4.97. The Bertz CT molecular complexity index is 600. The number of aromatic hydroxyl groups is 1. The Labute approximate surface area is 136 Å². The summed E-state index contributed by atoms with van der Waals surface area (Å²) >= 11 is 1.89. The molecule has 2 aliphatic carbocycles. The van der Waals surface area contributed by atoms with Crippen molar-refractivity contribution in [3.05, 3.63) is 23.8 Å². The second kappa shape index (κ2) is 4.81. The third kappa shape index (κ3) is 1.80. The number of phenolic OH excluding ortho intramolecular Hbond substituents is 1. The summed E-state index contributed by atoms with van der Waals surface area (Å²) in [7, 11) is 1.57. The molecule has 4 rings (SSSR count). The normalized spacial score (nSPS) is 38.8. The Morgan fingerprint density at radius 1 is 1.36 bits per heavy atom. The molecule has 1 aliphatic heterocycles. The fourth-order valence-corrected chi connectivity index (χ4v) is 6.67. The molecule has 4 atom stereocenters. The van der Waals surface area contributed by atoms with Gasteiger partial charge in [-0.15, -0.1) is 11.8 Å². The van der Waals surface area contributed by atoms with Gasteiger partial charge in [-0.05, 0) is 48.3 Å². The van der Waals surface area contributed by atoms with Crippen LogP contribution in [0.3, 0.4) is 0 Å². The second-order valence-corrected chi connectivity index (χ2v) is 8.60. The molecular formula is C18H24O3S. The molecule has 1 N–H and O–H groups in total. The lowest BCUT2D eigenvalue weighted by Crippen LogP contribution is -2.45. The first kappa shape index (κ1) is 14.7. The lowest BCUT2D eigenvalue weighted by molar-refractivity contribution is -0.0670. The zero-order valence-corrected chi connectivity index (χ0v) is 14.3. The largest absolute Gasteiger partial charge is 0.504 e. The van der Waals surface area contributed by atoms with Crippen LogP contribution >= 0.6 is 11.8 Å². The van der Waals surface area contributed by atoms with E-state index >= 15 is 0 Å². The molecule has 22 heavy (non-hydrogen) atoms. The van der Waals surface area contributed by atoms with Gasteiger partial charge in [0, 0.05) is 11.2 Å². The Balaban J connectivity index is 1.58. The van der Waals surface area contributed by atoms with Crippen molar-refractivity contribution < 1.29 is 14.6 Å². The first-order valence-corrected chi connectivity index (χ1v) is 9.17. The summed E-state index contributed by atoms with van der Waals surface area (Å²) in [6, 6.07) is 5.61. The molecule has 1 saturated heterocycles. The van der Waals surface area contributed by atoms with Crippen molar-refractivity contribution in [2.75, 3.05) is 12.9 Å². The van der Waals surface area contributed by atoms with Crippen molar-refractivity contribution in [2.45, 2.75) is 44.6 Å². The number of hydrogen-bond acceptors (Lipinski definition) is 4. The third-order valence-electron chi connectivity index (χ3n) is 6.61. The molecule has 0 unspecified atom stereocenters. The average molecular weight is 320 g/mol. The average Bonchev–Trinajstić information content (AvgIpc) is 2.88. The summed E-state index contributed by atoms with van der Waals surface area (Å²) in [5, 5.41) is 10.0. The lowest BCUT2D eigenvalue weighted by atomic mass is 9.69. The van der Waals surface area contributed by atoms with Crippen LogP contribution in [-0.4, -0.2) is 24.1 Å². The Morgan fingerprint density at radius 2 is 2.18 bits per heavy atom. The molecule has 3 aliphatic rings. The molecule has 0 amide bonds. The molecule has 3 nitrogen and oxygen atoms in total. The van der Waals surface area contributed by atoms with Crippen LogP contribution in [0.2, 0.25) is 0 Å². The third-order valence-corrected chi connectivity index (χ3v) is 7.98. The molecule has 1 spiro atoms. The van der Waals surface area contributed by atoms with Crippen molar-refractivity contribution in [2.24, 2.45) is 16.7 Å². The van der Waals surface area contributed by atoms with Crippen molar-refractivity contribution in [3.8, 4) is 11.5 Å². The first-order chi connectivity index (χ1) is 10.5. The van der Waals surface area contributed by atoms with E-state index in [9.17, 15) is 5.11 Å². The van der Waals surface area contributed by atoms with Crippen LogP contribution in [0, 0.1) is 16.7 Å². The van der Waals surface area contributed by atoms with Gasteiger partial charge in [0.2, 0.25) is 0 Å².